The Hall–Kier alpha value is -2.04. The van der Waals surface area contributed by atoms with Gasteiger partial charge in [-0.3, -0.25) is 9.59 Å². The van der Waals surface area contributed by atoms with Crippen LogP contribution in [-0.2, 0) is 16.1 Å². The van der Waals surface area contributed by atoms with Gasteiger partial charge in [-0.15, -0.1) is 0 Å². The fraction of sp³-hybridized carbons (Fsp3) is 0.600. The molecule has 1 aromatic carbocycles. The normalized spacial score (nSPS) is 26.8. The third kappa shape index (κ3) is 4.14. The van der Waals surface area contributed by atoms with Gasteiger partial charge >= 0.3 is 0 Å². The summed E-state index contributed by atoms with van der Waals surface area (Å²) in [6, 6.07) is 7.73. The highest BCUT2D eigenvalue weighted by Gasteiger charge is 2.38. The topological polar surface area (TPSA) is 49.9 Å². The van der Waals surface area contributed by atoms with E-state index < -0.39 is 0 Å². The van der Waals surface area contributed by atoms with Gasteiger partial charge in [-0.05, 0) is 36.0 Å². The summed E-state index contributed by atoms with van der Waals surface area (Å²) in [5.74, 6) is 1.93. The zero-order chi connectivity index (χ0) is 18.0. The van der Waals surface area contributed by atoms with E-state index in [2.05, 4.69) is 13.8 Å². The lowest BCUT2D eigenvalue weighted by Crippen LogP contribution is -2.45. The summed E-state index contributed by atoms with van der Waals surface area (Å²) in [4.78, 5) is 29.0. The van der Waals surface area contributed by atoms with Crippen LogP contribution in [0.15, 0.2) is 24.3 Å². The highest BCUT2D eigenvalue weighted by molar-refractivity contribution is 5.89. The maximum Gasteiger partial charge on any atom is 0.228 e. The molecule has 25 heavy (non-hydrogen) atoms. The van der Waals surface area contributed by atoms with E-state index in [-0.39, 0.29) is 17.7 Å². The maximum absolute atomic E-state index is 12.8. The van der Waals surface area contributed by atoms with E-state index in [0.29, 0.717) is 31.3 Å². The van der Waals surface area contributed by atoms with Crippen molar-refractivity contribution in [3.8, 4) is 5.75 Å². The molecule has 0 spiro atoms. The van der Waals surface area contributed by atoms with E-state index in [1.807, 2.05) is 29.2 Å². The fourth-order valence-corrected chi connectivity index (χ4v) is 4.14. The highest BCUT2D eigenvalue weighted by Crippen LogP contribution is 2.27. The second-order valence-electron chi connectivity index (χ2n) is 7.71. The summed E-state index contributed by atoms with van der Waals surface area (Å²) < 4.78 is 5.16. The lowest BCUT2D eigenvalue weighted by atomic mass is 9.91. The highest BCUT2D eigenvalue weighted by atomic mass is 16.5. The van der Waals surface area contributed by atoms with Gasteiger partial charge in [0.25, 0.3) is 0 Å². The largest absolute Gasteiger partial charge is 0.497 e. The molecule has 3 atom stereocenters. The average molecular weight is 344 g/mol. The number of likely N-dealkylation sites (tertiary alicyclic amines) is 2. The Bertz CT molecular complexity index is 618. The molecule has 1 aromatic rings. The van der Waals surface area contributed by atoms with Gasteiger partial charge in [0.1, 0.15) is 5.75 Å². The van der Waals surface area contributed by atoms with Gasteiger partial charge in [0.15, 0.2) is 0 Å². The number of carbonyl (C=O) groups is 2. The Morgan fingerprint density at radius 3 is 2.36 bits per heavy atom. The molecule has 0 aromatic heterocycles. The lowest BCUT2D eigenvalue weighted by Gasteiger charge is -2.36. The number of piperidine rings is 1. The Morgan fingerprint density at radius 2 is 1.76 bits per heavy atom. The molecule has 0 bridgehead atoms. The number of ether oxygens (including phenoxy) is 1. The second-order valence-corrected chi connectivity index (χ2v) is 7.71. The number of hydrogen-bond donors (Lipinski definition) is 0. The van der Waals surface area contributed by atoms with Crippen molar-refractivity contribution >= 4 is 11.8 Å². The minimum absolute atomic E-state index is 0.0762. The molecule has 0 unspecified atom stereocenters. The van der Waals surface area contributed by atoms with Gasteiger partial charge in [0.05, 0.1) is 13.0 Å². The fourth-order valence-electron chi connectivity index (χ4n) is 4.14. The number of methoxy groups -OCH3 is 1. The molecular weight excluding hydrogens is 316 g/mol. The van der Waals surface area contributed by atoms with Gasteiger partial charge in [-0.1, -0.05) is 26.0 Å². The SMILES string of the molecule is COc1ccc(CN2C[C@H](C(=O)N3C[C@@H](C)C[C@H](C)C3)CC2=O)cc1. The van der Waals surface area contributed by atoms with Crippen LogP contribution in [0.2, 0.25) is 0 Å². The van der Waals surface area contributed by atoms with Gasteiger partial charge in [-0.25, -0.2) is 0 Å². The molecule has 0 radical (unpaired) electrons. The molecular formula is C20H28N2O3. The Labute approximate surface area is 149 Å². The number of nitrogens with zero attached hydrogens (tertiary/aromatic N) is 2. The van der Waals surface area contributed by atoms with Crippen molar-refractivity contribution in [2.45, 2.75) is 33.2 Å². The molecule has 0 saturated carbocycles. The van der Waals surface area contributed by atoms with Crippen molar-refractivity contribution < 1.29 is 14.3 Å². The first-order valence-electron chi connectivity index (χ1n) is 9.15. The first-order chi connectivity index (χ1) is 12.0. The van der Waals surface area contributed by atoms with Crippen molar-refractivity contribution in [1.82, 2.24) is 9.80 Å². The maximum atomic E-state index is 12.8. The monoisotopic (exact) mass is 344 g/mol. The summed E-state index contributed by atoms with van der Waals surface area (Å²) in [5, 5.41) is 0. The van der Waals surface area contributed by atoms with Gasteiger partial charge < -0.3 is 14.5 Å². The molecule has 3 rings (SSSR count). The number of amides is 2. The predicted molar refractivity (Wildman–Crippen MR) is 96.0 cm³/mol. The van der Waals surface area contributed by atoms with Crippen LogP contribution >= 0.6 is 0 Å². The zero-order valence-electron chi connectivity index (χ0n) is 15.4. The van der Waals surface area contributed by atoms with Crippen molar-refractivity contribution in [2.24, 2.45) is 17.8 Å². The van der Waals surface area contributed by atoms with Gasteiger partial charge in [0, 0.05) is 32.6 Å². The van der Waals surface area contributed by atoms with Crippen LogP contribution in [0.25, 0.3) is 0 Å². The Balaban J connectivity index is 1.60. The van der Waals surface area contributed by atoms with Crippen LogP contribution in [-0.4, -0.2) is 48.4 Å². The number of benzene rings is 1. The van der Waals surface area contributed by atoms with Crippen molar-refractivity contribution in [1.29, 1.82) is 0 Å². The zero-order valence-corrected chi connectivity index (χ0v) is 15.4. The standard InChI is InChI=1S/C20H28N2O3/c1-14-8-15(2)11-22(10-14)20(24)17-9-19(23)21(13-17)12-16-4-6-18(25-3)7-5-16/h4-7,14-15,17H,8-13H2,1-3H3/t14-,15-,17+/m0/s1. The number of carbonyl (C=O) groups excluding carboxylic acids is 2. The van der Waals surface area contributed by atoms with Crippen LogP contribution in [0.5, 0.6) is 5.75 Å². The number of rotatable bonds is 4. The van der Waals surface area contributed by atoms with E-state index in [9.17, 15) is 9.59 Å². The van der Waals surface area contributed by atoms with E-state index in [1.54, 1.807) is 12.0 Å². The van der Waals surface area contributed by atoms with E-state index >= 15 is 0 Å². The van der Waals surface area contributed by atoms with E-state index in [4.69, 9.17) is 4.74 Å². The summed E-state index contributed by atoms with van der Waals surface area (Å²) in [5.41, 5.74) is 1.06. The molecule has 2 aliphatic heterocycles. The molecule has 5 nitrogen and oxygen atoms in total. The average Bonchev–Trinajstić information content (AvgIpc) is 2.94. The molecule has 2 fully saturated rings. The molecule has 2 amide bonds. The van der Waals surface area contributed by atoms with Crippen molar-refractivity contribution in [3.63, 3.8) is 0 Å². The first kappa shape index (κ1) is 17.8. The predicted octanol–water partition coefficient (Wildman–Crippen LogP) is 2.55. The summed E-state index contributed by atoms with van der Waals surface area (Å²) >= 11 is 0. The second kappa shape index (κ2) is 7.46. The Kier molecular flexibility index (Phi) is 5.30. The molecule has 0 N–H and O–H groups in total. The molecule has 136 valence electrons. The molecule has 2 saturated heterocycles. The van der Waals surface area contributed by atoms with Crippen molar-refractivity contribution in [3.05, 3.63) is 29.8 Å². The minimum Gasteiger partial charge on any atom is -0.497 e. The van der Waals surface area contributed by atoms with Gasteiger partial charge in [0.2, 0.25) is 11.8 Å². The first-order valence-corrected chi connectivity index (χ1v) is 9.15. The van der Waals surface area contributed by atoms with Crippen LogP contribution in [0.4, 0.5) is 0 Å². The van der Waals surface area contributed by atoms with Crippen LogP contribution in [0.3, 0.4) is 0 Å². The third-order valence-corrected chi connectivity index (χ3v) is 5.28. The Morgan fingerprint density at radius 1 is 1.12 bits per heavy atom. The molecule has 2 aliphatic rings. The summed E-state index contributed by atoms with van der Waals surface area (Å²) in [6.07, 6.45) is 1.52. The van der Waals surface area contributed by atoms with E-state index in [0.717, 1.165) is 24.4 Å². The quantitative estimate of drug-likeness (QED) is 0.843. The van der Waals surface area contributed by atoms with Crippen LogP contribution < -0.4 is 4.74 Å². The van der Waals surface area contributed by atoms with Gasteiger partial charge in [-0.2, -0.15) is 0 Å². The van der Waals surface area contributed by atoms with Crippen LogP contribution in [0.1, 0.15) is 32.3 Å². The summed E-state index contributed by atoms with van der Waals surface area (Å²) in [6.45, 7) is 7.14. The third-order valence-electron chi connectivity index (χ3n) is 5.28. The smallest absolute Gasteiger partial charge is 0.228 e. The van der Waals surface area contributed by atoms with Crippen LogP contribution in [0, 0.1) is 17.8 Å². The number of hydrogen-bond acceptors (Lipinski definition) is 3. The lowest BCUT2D eigenvalue weighted by molar-refractivity contribution is -0.138. The van der Waals surface area contributed by atoms with Crippen molar-refractivity contribution in [2.75, 3.05) is 26.7 Å². The summed E-state index contributed by atoms with van der Waals surface area (Å²) in [7, 11) is 1.64. The molecule has 0 aliphatic carbocycles. The van der Waals surface area contributed by atoms with E-state index in [1.165, 1.54) is 6.42 Å². The minimum atomic E-state index is -0.191. The molecule has 2 heterocycles. The molecule has 5 heteroatoms.